The molecule has 0 saturated carbocycles. The number of aromatic amines is 1. The smallest absolute Gasteiger partial charge is 0.273 e. The maximum absolute atomic E-state index is 13.5. The molecule has 2 aromatic heterocycles. The number of aromatic nitrogens is 3. The first-order valence-corrected chi connectivity index (χ1v) is 11.1. The van der Waals surface area contributed by atoms with E-state index in [9.17, 15) is 9.59 Å². The Bertz CT molecular complexity index is 1590. The van der Waals surface area contributed by atoms with Crippen LogP contribution in [0.5, 0.6) is 11.5 Å². The third kappa shape index (κ3) is 4.37. The molecule has 1 amide bonds. The van der Waals surface area contributed by atoms with E-state index in [0.29, 0.717) is 28.6 Å². The molecule has 36 heavy (non-hydrogen) atoms. The van der Waals surface area contributed by atoms with Gasteiger partial charge in [0.15, 0.2) is 5.65 Å². The summed E-state index contributed by atoms with van der Waals surface area (Å²) in [5.41, 5.74) is 2.39. The summed E-state index contributed by atoms with van der Waals surface area (Å²) in [6.07, 6.45) is 0. The molecular formula is C27H23N5O4. The predicted octanol–water partition coefficient (Wildman–Crippen LogP) is 4.70. The molecule has 0 aliphatic rings. The van der Waals surface area contributed by atoms with Crippen molar-refractivity contribution in [3.8, 4) is 22.8 Å². The van der Waals surface area contributed by atoms with Crippen molar-refractivity contribution in [2.75, 3.05) is 24.9 Å². The van der Waals surface area contributed by atoms with Gasteiger partial charge in [-0.15, -0.1) is 0 Å². The van der Waals surface area contributed by atoms with Crippen molar-refractivity contribution in [1.82, 2.24) is 14.6 Å². The van der Waals surface area contributed by atoms with Gasteiger partial charge in [0.2, 0.25) is 0 Å². The lowest BCUT2D eigenvalue weighted by atomic mass is 10.1. The van der Waals surface area contributed by atoms with Crippen LogP contribution >= 0.6 is 0 Å². The van der Waals surface area contributed by atoms with Gasteiger partial charge < -0.3 is 20.1 Å². The first-order valence-electron chi connectivity index (χ1n) is 11.1. The Balaban J connectivity index is 1.67. The Morgan fingerprint density at radius 2 is 1.64 bits per heavy atom. The van der Waals surface area contributed by atoms with Gasteiger partial charge in [-0.3, -0.25) is 14.7 Å². The highest BCUT2D eigenvalue weighted by atomic mass is 16.5. The fourth-order valence-electron chi connectivity index (χ4n) is 3.85. The molecule has 3 aromatic carbocycles. The number of nitrogens with one attached hydrogen (secondary N) is 3. The van der Waals surface area contributed by atoms with Crippen molar-refractivity contribution in [2.45, 2.75) is 0 Å². The molecule has 2 heterocycles. The lowest BCUT2D eigenvalue weighted by molar-refractivity contribution is 0.102. The van der Waals surface area contributed by atoms with Gasteiger partial charge in [0.1, 0.15) is 22.9 Å². The van der Waals surface area contributed by atoms with Gasteiger partial charge in [0.05, 0.1) is 25.6 Å². The molecule has 0 aliphatic carbocycles. The third-order valence-electron chi connectivity index (χ3n) is 5.61. The minimum atomic E-state index is -0.438. The summed E-state index contributed by atoms with van der Waals surface area (Å²) in [4.78, 5) is 31.3. The summed E-state index contributed by atoms with van der Waals surface area (Å²) in [5, 5.41) is 9.06. The van der Waals surface area contributed by atoms with E-state index in [0.717, 1.165) is 5.56 Å². The van der Waals surface area contributed by atoms with Gasteiger partial charge >= 0.3 is 0 Å². The second kappa shape index (κ2) is 9.67. The number of fused-ring (bicyclic) bond motifs is 1. The fourth-order valence-corrected chi connectivity index (χ4v) is 3.85. The monoisotopic (exact) mass is 481 g/mol. The van der Waals surface area contributed by atoms with Crippen molar-refractivity contribution in [3.63, 3.8) is 0 Å². The van der Waals surface area contributed by atoms with Crippen molar-refractivity contribution >= 4 is 28.7 Å². The lowest BCUT2D eigenvalue weighted by Crippen LogP contribution is -2.17. The number of anilines is 3. The van der Waals surface area contributed by atoms with E-state index >= 15 is 0 Å². The molecule has 0 fully saturated rings. The minimum Gasteiger partial charge on any atom is -0.497 e. The summed E-state index contributed by atoms with van der Waals surface area (Å²) >= 11 is 0. The zero-order chi connectivity index (χ0) is 25.1. The van der Waals surface area contributed by atoms with Crippen LogP contribution in [0.3, 0.4) is 0 Å². The maximum atomic E-state index is 13.5. The summed E-state index contributed by atoms with van der Waals surface area (Å²) in [5.74, 6) is 0.947. The molecule has 9 nitrogen and oxygen atoms in total. The minimum absolute atomic E-state index is 0.173. The van der Waals surface area contributed by atoms with Crippen molar-refractivity contribution in [1.29, 1.82) is 0 Å². The van der Waals surface area contributed by atoms with E-state index in [-0.39, 0.29) is 22.6 Å². The molecule has 180 valence electrons. The standard InChI is InChI=1S/C27H23N5O4/c1-35-19-13-14-20(22(15-19)36-2)29-25-24(27(34)28-18-11-7-4-8-12-18)26-30-21(16-23(33)32(26)31-25)17-9-5-3-6-10-17/h3-16,29,31H,1-2H3,(H,28,34). The fraction of sp³-hybridized carbons (Fsp3) is 0.0741. The van der Waals surface area contributed by atoms with E-state index < -0.39 is 5.91 Å². The van der Waals surface area contributed by atoms with Gasteiger partial charge in [-0.1, -0.05) is 48.5 Å². The molecule has 5 rings (SSSR count). The number of hydrogen-bond donors (Lipinski definition) is 3. The second-order valence-corrected chi connectivity index (χ2v) is 7.88. The SMILES string of the molecule is COc1ccc(Nc2[nH]n3c(=O)cc(-c4ccccc4)nc3c2C(=O)Nc2ccccc2)c(OC)c1. The number of rotatable bonds is 7. The average Bonchev–Trinajstić information content (AvgIpc) is 3.28. The first kappa shape index (κ1) is 22.7. The number of H-pyrrole nitrogens is 1. The van der Waals surface area contributed by atoms with Crippen LogP contribution in [0.1, 0.15) is 10.4 Å². The highest BCUT2D eigenvalue weighted by Crippen LogP contribution is 2.33. The van der Waals surface area contributed by atoms with E-state index in [1.807, 2.05) is 48.5 Å². The van der Waals surface area contributed by atoms with E-state index in [1.165, 1.54) is 17.7 Å². The van der Waals surface area contributed by atoms with Gasteiger partial charge in [-0.05, 0) is 24.3 Å². The van der Waals surface area contributed by atoms with Crippen LogP contribution in [0, 0.1) is 0 Å². The molecule has 0 radical (unpaired) electrons. The molecule has 9 heteroatoms. The molecule has 0 spiro atoms. The quantitative estimate of drug-likeness (QED) is 0.311. The van der Waals surface area contributed by atoms with Crippen molar-refractivity contribution in [2.24, 2.45) is 0 Å². The number of methoxy groups -OCH3 is 2. The summed E-state index contributed by atoms with van der Waals surface area (Å²) in [6.45, 7) is 0. The zero-order valence-corrected chi connectivity index (χ0v) is 19.6. The number of para-hydroxylation sites is 1. The number of carbonyl (C=O) groups is 1. The molecule has 3 N–H and O–H groups in total. The number of nitrogens with zero attached hydrogens (tertiary/aromatic N) is 2. The number of hydrogen-bond acceptors (Lipinski definition) is 6. The third-order valence-corrected chi connectivity index (χ3v) is 5.61. The lowest BCUT2D eigenvalue weighted by Gasteiger charge is -2.12. The molecule has 0 saturated heterocycles. The van der Waals surface area contributed by atoms with E-state index in [4.69, 9.17) is 9.47 Å². The summed E-state index contributed by atoms with van der Waals surface area (Å²) in [6, 6.07) is 25.0. The number of carbonyl (C=O) groups excluding carboxylic acids is 1. The maximum Gasteiger partial charge on any atom is 0.273 e. The highest BCUT2D eigenvalue weighted by molar-refractivity contribution is 6.12. The van der Waals surface area contributed by atoms with Gasteiger partial charge in [-0.2, -0.15) is 4.52 Å². The van der Waals surface area contributed by atoms with E-state index in [2.05, 4.69) is 20.7 Å². The molecule has 0 atom stereocenters. The molecular weight excluding hydrogens is 458 g/mol. The van der Waals surface area contributed by atoms with Crippen LogP contribution in [-0.2, 0) is 0 Å². The topological polar surface area (TPSA) is 110 Å². The second-order valence-electron chi connectivity index (χ2n) is 7.88. The summed E-state index contributed by atoms with van der Waals surface area (Å²) < 4.78 is 12.0. The molecule has 0 bridgehead atoms. The molecule has 0 unspecified atom stereocenters. The Morgan fingerprint density at radius 3 is 2.33 bits per heavy atom. The first-order chi connectivity index (χ1) is 17.6. The van der Waals surface area contributed by atoms with Crippen LogP contribution in [0.4, 0.5) is 17.2 Å². The Hall–Kier alpha value is -5.05. The Labute approximate surface area is 206 Å². The highest BCUT2D eigenvalue weighted by Gasteiger charge is 2.23. The number of ether oxygens (including phenoxy) is 2. The predicted molar refractivity (Wildman–Crippen MR) is 138 cm³/mol. The van der Waals surface area contributed by atoms with E-state index in [1.54, 1.807) is 37.4 Å². The zero-order valence-electron chi connectivity index (χ0n) is 19.6. The van der Waals surface area contributed by atoms with Crippen LogP contribution in [0.2, 0.25) is 0 Å². The van der Waals surface area contributed by atoms with Crippen molar-refractivity contribution in [3.05, 3.63) is 101 Å². The average molecular weight is 482 g/mol. The van der Waals surface area contributed by atoms with Crippen LogP contribution in [0.25, 0.3) is 16.9 Å². The molecule has 0 aliphatic heterocycles. The number of amides is 1. The normalized spacial score (nSPS) is 10.7. The Kier molecular flexibility index (Phi) is 6.10. The number of benzene rings is 3. The van der Waals surface area contributed by atoms with Crippen LogP contribution in [0.15, 0.2) is 89.7 Å². The summed E-state index contributed by atoms with van der Waals surface area (Å²) in [7, 11) is 3.10. The van der Waals surface area contributed by atoms with Gasteiger partial charge in [-0.25, -0.2) is 4.98 Å². The van der Waals surface area contributed by atoms with Crippen LogP contribution < -0.4 is 25.7 Å². The largest absolute Gasteiger partial charge is 0.497 e. The van der Waals surface area contributed by atoms with Gasteiger partial charge in [0, 0.05) is 23.4 Å². The van der Waals surface area contributed by atoms with Crippen molar-refractivity contribution < 1.29 is 14.3 Å². The Morgan fingerprint density at radius 1 is 0.917 bits per heavy atom. The van der Waals surface area contributed by atoms with Gasteiger partial charge in [0.25, 0.3) is 11.5 Å². The molecule has 5 aromatic rings. The van der Waals surface area contributed by atoms with Crippen LogP contribution in [-0.4, -0.2) is 34.7 Å².